The summed E-state index contributed by atoms with van der Waals surface area (Å²) in [5, 5.41) is 3.73. The van der Waals surface area contributed by atoms with Gasteiger partial charge in [-0.1, -0.05) is 59.6 Å². The SMILES string of the molecule is Cc1ccc(NC(=O)N2Cc3ccccc3-n3cccc3C2c2cccc(Cl)c2)cc1. The molecule has 1 atom stereocenters. The van der Waals surface area contributed by atoms with Gasteiger partial charge < -0.3 is 14.8 Å². The fourth-order valence-electron chi connectivity index (χ4n) is 4.20. The van der Waals surface area contributed by atoms with Gasteiger partial charge in [0.05, 0.1) is 18.3 Å². The zero-order chi connectivity index (χ0) is 21.4. The van der Waals surface area contributed by atoms with Gasteiger partial charge in [-0.2, -0.15) is 0 Å². The third-order valence-corrected chi connectivity index (χ3v) is 5.93. The molecular weight excluding hydrogens is 406 g/mol. The van der Waals surface area contributed by atoms with Crippen LogP contribution in [-0.4, -0.2) is 15.5 Å². The fourth-order valence-corrected chi connectivity index (χ4v) is 4.40. The Morgan fingerprint density at radius 3 is 2.58 bits per heavy atom. The lowest BCUT2D eigenvalue weighted by molar-refractivity contribution is 0.194. The number of nitrogens with zero attached hydrogens (tertiary/aromatic N) is 2. The Hall–Kier alpha value is -3.50. The first-order valence-corrected chi connectivity index (χ1v) is 10.6. The summed E-state index contributed by atoms with van der Waals surface area (Å²) < 4.78 is 2.17. The zero-order valence-corrected chi connectivity index (χ0v) is 17.9. The van der Waals surface area contributed by atoms with E-state index in [4.69, 9.17) is 11.6 Å². The average molecular weight is 428 g/mol. The molecule has 1 aliphatic rings. The molecule has 1 aromatic heterocycles. The number of halogens is 1. The first-order valence-electron chi connectivity index (χ1n) is 10.3. The molecule has 0 spiro atoms. The molecule has 31 heavy (non-hydrogen) atoms. The van der Waals surface area contributed by atoms with Crippen LogP contribution in [-0.2, 0) is 6.54 Å². The molecule has 5 heteroatoms. The van der Waals surface area contributed by atoms with E-state index in [0.717, 1.165) is 33.8 Å². The zero-order valence-electron chi connectivity index (χ0n) is 17.1. The smallest absolute Gasteiger partial charge is 0.318 e. The minimum atomic E-state index is -0.286. The van der Waals surface area contributed by atoms with Gasteiger partial charge in [-0.15, -0.1) is 0 Å². The summed E-state index contributed by atoms with van der Waals surface area (Å²) in [7, 11) is 0. The number of hydrogen-bond donors (Lipinski definition) is 1. The Labute approximate surface area is 186 Å². The van der Waals surface area contributed by atoms with Gasteiger partial charge in [0.2, 0.25) is 0 Å². The van der Waals surface area contributed by atoms with E-state index in [1.807, 2.05) is 84.8 Å². The molecule has 154 valence electrons. The molecule has 0 saturated heterocycles. The Kier molecular flexibility index (Phi) is 5.00. The van der Waals surface area contributed by atoms with Crippen molar-refractivity contribution in [2.24, 2.45) is 0 Å². The Balaban J connectivity index is 1.63. The number of rotatable bonds is 2. The number of aromatic nitrogens is 1. The number of carbonyl (C=O) groups is 1. The third-order valence-electron chi connectivity index (χ3n) is 5.69. The standard InChI is InChI=1S/C26H22ClN3O/c1-18-11-13-22(14-12-18)28-26(31)30-17-20-6-2-3-9-23(20)29-15-5-10-24(29)25(30)19-7-4-8-21(27)16-19/h2-16,25H,17H2,1H3,(H,28,31). The van der Waals surface area contributed by atoms with Crippen molar-refractivity contribution in [2.45, 2.75) is 19.5 Å². The fraction of sp³-hybridized carbons (Fsp3) is 0.115. The molecule has 0 radical (unpaired) electrons. The minimum Gasteiger partial charge on any atom is -0.318 e. The van der Waals surface area contributed by atoms with Gasteiger partial charge in [-0.05, 0) is 60.5 Å². The molecule has 0 aliphatic carbocycles. The number of amides is 2. The van der Waals surface area contributed by atoms with Crippen LogP contribution in [0.15, 0.2) is 91.1 Å². The molecule has 1 N–H and O–H groups in total. The van der Waals surface area contributed by atoms with Crippen LogP contribution in [0.1, 0.15) is 28.4 Å². The molecular formula is C26H22ClN3O. The molecule has 2 heterocycles. The first kappa shape index (κ1) is 19.5. The van der Waals surface area contributed by atoms with Gasteiger partial charge in [0.25, 0.3) is 0 Å². The van der Waals surface area contributed by atoms with E-state index >= 15 is 0 Å². The molecule has 3 aromatic carbocycles. The number of aryl methyl sites for hydroxylation is 1. The summed E-state index contributed by atoms with van der Waals surface area (Å²) in [6, 6.07) is 27.4. The van der Waals surface area contributed by atoms with Crippen LogP contribution in [0, 0.1) is 6.92 Å². The van der Waals surface area contributed by atoms with Gasteiger partial charge in [-0.3, -0.25) is 0 Å². The van der Waals surface area contributed by atoms with Crippen molar-refractivity contribution in [3.8, 4) is 5.69 Å². The number of carbonyl (C=O) groups excluding carboxylic acids is 1. The molecule has 1 aliphatic heterocycles. The van der Waals surface area contributed by atoms with Crippen molar-refractivity contribution in [3.63, 3.8) is 0 Å². The van der Waals surface area contributed by atoms with Crippen LogP contribution in [0.2, 0.25) is 5.02 Å². The topological polar surface area (TPSA) is 37.3 Å². The summed E-state index contributed by atoms with van der Waals surface area (Å²) in [6.45, 7) is 2.51. The lowest BCUT2D eigenvalue weighted by Crippen LogP contribution is -2.37. The second kappa shape index (κ2) is 7.97. The van der Waals surface area contributed by atoms with Crippen molar-refractivity contribution in [3.05, 3.63) is 119 Å². The molecule has 0 bridgehead atoms. The van der Waals surface area contributed by atoms with Gasteiger partial charge in [0.15, 0.2) is 0 Å². The van der Waals surface area contributed by atoms with Crippen LogP contribution in [0.3, 0.4) is 0 Å². The predicted octanol–water partition coefficient (Wildman–Crippen LogP) is 6.58. The van der Waals surface area contributed by atoms with Crippen molar-refractivity contribution >= 4 is 23.3 Å². The molecule has 2 amide bonds. The molecule has 5 rings (SSSR count). The van der Waals surface area contributed by atoms with E-state index in [1.165, 1.54) is 0 Å². The third kappa shape index (κ3) is 3.71. The highest BCUT2D eigenvalue weighted by Crippen LogP contribution is 2.37. The molecule has 0 saturated carbocycles. The van der Waals surface area contributed by atoms with Crippen LogP contribution in [0.25, 0.3) is 5.69 Å². The number of urea groups is 1. The van der Waals surface area contributed by atoms with E-state index in [-0.39, 0.29) is 12.1 Å². The maximum Gasteiger partial charge on any atom is 0.322 e. The second-order valence-corrected chi connectivity index (χ2v) is 8.25. The summed E-state index contributed by atoms with van der Waals surface area (Å²) >= 11 is 6.34. The summed E-state index contributed by atoms with van der Waals surface area (Å²) in [4.78, 5) is 15.5. The molecule has 4 aromatic rings. The van der Waals surface area contributed by atoms with Crippen molar-refractivity contribution in [2.75, 3.05) is 5.32 Å². The van der Waals surface area contributed by atoms with Gasteiger partial charge >= 0.3 is 6.03 Å². The maximum absolute atomic E-state index is 13.6. The van der Waals surface area contributed by atoms with Crippen LogP contribution in [0.4, 0.5) is 10.5 Å². The Bertz CT molecular complexity index is 1250. The lowest BCUT2D eigenvalue weighted by atomic mass is 10.0. The quantitative estimate of drug-likeness (QED) is 0.385. The van der Waals surface area contributed by atoms with E-state index in [0.29, 0.717) is 11.6 Å². The Morgan fingerprint density at radius 1 is 0.968 bits per heavy atom. The van der Waals surface area contributed by atoms with Crippen LogP contribution < -0.4 is 5.32 Å². The molecule has 0 fully saturated rings. The van der Waals surface area contributed by atoms with Crippen molar-refractivity contribution < 1.29 is 4.79 Å². The first-order chi connectivity index (χ1) is 15.1. The van der Waals surface area contributed by atoms with Crippen LogP contribution >= 0.6 is 11.6 Å². The van der Waals surface area contributed by atoms with Gasteiger partial charge in [0.1, 0.15) is 0 Å². The van der Waals surface area contributed by atoms with Gasteiger partial charge in [-0.25, -0.2) is 4.79 Å². The number of anilines is 1. The van der Waals surface area contributed by atoms with Crippen LogP contribution in [0.5, 0.6) is 0 Å². The second-order valence-electron chi connectivity index (χ2n) is 7.81. The highest BCUT2D eigenvalue weighted by Gasteiger charge is 2.33. The molecule has 1 unspecified atom stereocenters. The van der Waals surface area contributed by atoms with Crippen molar-refractivity contribution in [1.82, 2.24) is 9.47 Å². The maximum atomic E-state index is 13.6. The van der Waals surface area contributed by atoms with Gasteiger partial charge in [0, 0.05) is 22.6 Å². The molecule has 4 nitrogen and oxygen atoms in total. The summed E-state index contributed by atoms with van der Waals surface area (Å²) in [5.74, 6) is 0. The number of para-hydroxylation sites is 1. The van der Waals surface area contributed by atoms with E-state index in [9.17, 15) is 4.79 Å². The highest BCUT2D eigenvalue weighted by atomic mass is 35.5. The van der Waals surface area contributed by atoms with Crippen molar-refractivity contribution in [1.29, 1.82) is 0 Å². The lowest BCUT2D eigenvalue weighted by Gasteiger charge is -2.31. The average Bonchev–Trinajstić information content (AvgIpc) is 3.19. The predicted molar refractivity (Wildman–Crippen MR) is 125 cm³/mol. The minimum absolute atomic E-state index is 0.154. The number of hydrogen-bond acceptors (Lipinski definition) is 1. The number of nitrogens with one attached hydrogen (secondary N) is 1. The van der Waals surface area contributed by atoms with E-state index < -0.39 is 0 Å². The number of fused-ring (bicyclic) bond motifs is 3. The number of benzene rings is 3. The largest absolute Gasteiger partial charge is 0.322 e. The normalized spacial score (nSPS) is 15.0. The Morgan fingerprint density at radius 2 is 1.77 bits per heavy atom. The summed E-state index contributed by atoms with van der Waals surface area (Å²) in [6.07, 6.45) is 2.05. The highest BCUT2D eigenvalue weighted by molar-refractivity contribution is 6.30. The summed E-state index contributed by atoms with van der Waals surface area (Å²) in [5.41, 5.74) is 6.08. The van der Waals surface area contributed by atoms with E-state index in [1.54, 1.807) is 0 Å². The monoisotopic (exact) mass is 427 g/mol. The van der Waals surface area contributed by atoms with E-state index in [2.05, 4.69) is 28.1 Å².